The van der Waals surface area contributed by atoms with Gasteiger partial charge in [-0.1, -0.05) is 19.1 Å². The number of nitrogens with two attached hydrogens (primary N) is 2. The Morgan fingerprint density at radius 2 is 1.85 bits per heavy atom. The Kier molecular flexibility index (Phi) is 3.39. The van der Waals surface area contributed by atoms with E-state index in [0.29, 0.717) is 6.54 Å². The van der Waals surface area contributed by atoms with Crippen LogP contribution >= 0.6 is 0 Å². The summed E-state index contributed by atoms with van der Waals surface area (Å²) in [6.07, 6.45) is 0. The van der Waals surface area contributed by atoms with Crippen LogP contribution in [0.15, 0.2) is 24.3 Å². The molecular formula is C10H15FN2. The topological polar surface area (TPSA) is 52.0 Å². The van der Waals surface area contributed by atoms with Crippen LogP contribution in [0.2, 0.25) is 0 Å². The highest BCUT2D eigenvalue weighted by atomic mass is 19.1. The van der Waals surface area contributed by atoms with Gasteiger partial charge in [-0.05, 0) is 30.2 Å². The first-order valence-corrected chi connectivity index (χ1v) is 4.36. The number of hydrogen-bond acceptors (Lipinski definition) is 2. The Hall–Kier alpha value is -0.930. The summed E-state index contributed by atoms with van der Waals surface area (Å²) in [6.45, 7) is 2.52. The largest absolute Gasteiger partial charge is 0.330 e. The van der Waals surface area contributed by atoms with E-state index >= 15 is 0 Å². The Morgan fingerprint density at radius 3 is 2.31 bits per heavy atom. The monoisotopic (exact) mass is 182 g/mol. The van der Waals surface area contributed by atoms with E-state index in [0.717, 1.165) is 5.56 Å². The zero-order chi connectivity index (χ0) is 9.84. The summed E-state index contributed by atoms with van der Waals surface area (Å²) in [6, 6.07) is 6.13. The van der Waals surface area contributed by atoms with Gasteiger partial charge in [-0.3, -0.25) is 0 Å². The molecule has 1 rings (SSSR count). The number of hydrogen-bond donors (Lipinski definition) is 2. The maximum Gasteiger partial charge on any atom is 0.123 e. The van der Waals surface area contributed by atoms with E-state index in [-0.39, 0.29) is 17.8 Å². The normalized spacial score (nSPS) is 15.4. The summed E-state index contributed by atoms with van der Waals surface area (Å²) >= 11 is 0. The Morgan fingerprint density at radius 1 is 1.31 bits per heavy atom. The fraction of sp³-hybridized carbons (Fsp3) is 0.400. The molecule has 0 aliphatic rings. The lowest BCUT2D eigenvalue weighted by Gasteiger charge is -2.18. The molecule has 0 saturated carbocycles. The predicted molar refractivity (Wildman–Crippen MR) is 51.5 cm³/mol. The van der Waals surface area contributed by atoms with Crippen molar-refractivity contribution in [2.45, 2.75) is 13.0 Å². The quantitative estimate of drug-likeness (QED) is 0.742. The summed E-state index contributed by atoms with van der Waals surface area (Å²) in [5.41, 5.74) is 12.3. The Balaban J connectivity index is 2.77. The van der Waals surface area contributed by atoms with Gasteiger partial charge in [-0.25, -0.2) is 4.39 Å². The maximum atomic E-state index is 12.6. The first-order valence-electron chi connectivity index (χ1n) is 4.36. The number of rotatable bonds is 3. The van der Waals surface area contributed by atoms with Crippen LogP contribution < -0.4 is 11.5 Å². The van der Waals surface area contributed by atoms with Crippen LogP contribution in [0.25, 0.3) is 0 Å². The van der Waals surface area contributed by atoms with Crippen molar-refractivity contribution >= 4 is 0 Å². The van der Waals surface area contributed by atoms with Gasteiger partial charge in [0.15, 0.2) is 0 Å². The molecular weight excluding hydrogens is 167 g/mol. The molecule has 0 spiro atoms. The molecule has 4 N–H and O–H groups in total. The summed E-state index contributed by atoms with van der Waals surface area (Å²) in [4.78, 5) is 0. The molecule has 72 valence electrons. The first kappa shape index (κ1) is 10.2. The summed E-state index contributed by atoms with van der Waals surface area (Å²) in [7, 11) is 0. The minimum Gasteiger partial charge on any atom is -0.330 e. The summed E-state index contributed by atoms with van der Waals surface area (Å²) in [5.74, 6) is -0.0261. The average molecular weight is 182 g/mol. The van der Waals surface area contributed by atoms with Crippen molar-refractivity contribution in [2.24, 2.45) is 17.4 Å². The summed E-state index contributed by atoms with van der Waals surface area (Å²) in [5, 5.41) is 0. The van der Waals surface area contributed by atoms with Gasteiger partial charge in [0.2, 0.25) is 0 Å². The number of halogens is 1. The van der Waals surface area contributed by atoms with Crippen LogP contribution in [-0.4, -0.2) is 6.54 Å². The second kappa shape index (κ2) is 4.35. The molecule has 0 radical (unpaired) electrons. The van der Waals surface area contributed by atoms with Gasteiger partial charge in [0.05, 0.1) is 0 Å². The van der Waals surface area contributed by atoms with E-state index in [2.05, 4.69) is 0 Å². The third-order valence-electron chi connectivity index (χ3n) is 2.24. The highest BCUT2D eigenvalue weighted by molar-refractivity contribution is 5.20. The van der Waals surface area contributed by atoms with Crippen LogP contribution in [-0.2, 0) is 0 Å². The minimum absolute atomic E-state index is 0.106. The molecule has 1 aromatic carbocycles. The molecule has 2 unspecified atom stereocenters. The van der Waals surface area contributed by atoms with Crippen LogP contribution in [0.1, 0.15) is 18.5 Å². The lowest BCUT2D eigenvalue weighted by atomic mass is 9.96. The van der Waals surface area contributed by atoms with Crippen LogP contribution in [0.4, 0.5) is 4.39 Å². The Bertz CT molecular complexity index is 258. The van der Waals surface area contributed by atoms with Crippen molar-refractivity contribution in [1.29, 1.82) is 0 Å². The lowest BCUT2D eigenvalue weighted by Crippen LogP contribution is -2.25. The molecule has 1 aromatic rings. The molecule has 0 heterocycles. The van der Waals surface area contributed by atoms with Crippen LogP contribution in [0.5, 0.6) is 0 Å². The molecule has 0 aliphatic carbocycles. The van der Waals surface area contributed by atoms with Gasteiger partial charge in [0.25, 0.3) is 0 Å². The fourth-order valence-electron chi connectivity index (χ4n) is 1.16. The Labute approximate surface area is 77.7 Å². The standard InChI is InChI=1S/C10H15FN2/c1-7(6-12)10(13)8-2-4-9(11)5-3-8/h2-5,7,10H,6,12-13H2,1H3. The average Bonchev–Trinajstić information content (AvgIpc) is 2.17. The van der Waals surface area contributed by atoms with E-state index in [4.69, 9.17) is 11.5 Å². The molecule has 0 bridgehead atoms. The van der Waals surface area contributed by atoms with Gasteiger partial charge in [-0.15, -0.1) is 0 Å². The SMILES string of the molecule is CC(CN)C(N)c1ccc(F)cc1. The van der Waals surface area contributed by atoms with E-state index in [1.54, 1.807) is 12.1 Å². The van der Waals surface area contributed by atoms with Crippen LogP contribution in [0.3, 0.4) is 0 Å². The van der Waals surface area contributed by atoms with Crippen molar-refractivity contribution in [3.63, 3.8) is 0 Å². The van der Waals surface area contributed by atoms with Gasteiger partial charge in [-0.2, -0.15) is 0 Å². The molecule has 2 nitrogen and oxygen atoms in total. The van der Waals surface area contributed by atoms with E-state index in [1.807, 2.05) is 6.92 Å². The third kappa shape index (κ3) is 2.50. The van der Waals surface area contributed by atoms with Gasteiger partial charge in [0, 0.05) is 6.04 Å². The van der Waals surface area contributed by atoms with Crippen molar-refractivity contribution in [3.8, 4) is 0 Å². The zero-order valence-corrected chi connectivity index (χ0v) is 7.70. The van der Waals surface area contributed by atoms with E-state index in [9.17, 15) is 4.39 Å². The fourth-order valence-corrected chi connectivity index (χ4v) is 1.16. The molecule has 13 heavy (non-hydrogen) atoms. The van der Waals surface area contributed by atoms with Gasteiger partial charge >= 0.3 is 0 Å². The predicted octanol–water partition coefficient (Wildman–Crippen LogP) is 1.42. The van der Waals surface area contributed by atoms with E-state index in [1.165, 1.54) is 12.1 Å². The van der Waals surface area contributed by atoms with Crippen LogP contribution in [0, 0.1) is 11.7 Å². The highest BCUT2D eigenvalue weighted by Gasteiger charge is 2.12. The molecule has 0 saturated heterocycles. The number of benzene rings is 1. The first-order chi connectivity index (χ1) is 6.15. The van der Waals surface area contributed by atoms with Crippen molar-refractivity contribution in [3.05, 3.63) is 35.6 Å². The molecule has 3 heteroatoms. The lowest BCUT2D eigenvalue weighted by molar-refractivity contribution is 0.480. The second-order valence-electron chi connectivity index (χ2n) is 3.29. The van der Waals surface area contributed by atoms with E-state index < -0.39 is 0 Å². The minimum atomic E-state index is -0.239. The maximum absolute atomic E-state index is 12.6. The van der Waals surface area contributed by atoms with Gasteiger partial charge < -0.3 is 11.5 Å². The molecule has 0 aliphatic heterocycles. The second-order valence-corrected chi connectivity index (χ2v) is 3.29. The van der Waals surface area contributed by atoms with Gasteiger partial charge in [0.1, 0.15) is 5.82 Å². The summed E-state index contributed by atoms with van der Waals surface area (Å²) < 4.78 is 12.6. The highest BCUT2D eigenvalue weighted by Crippen LogP contribution is 2.18. The smallest absolute Gasteiger partial charge is 0.123 e. The van der Waals surface area contributed by atoms with Crippen molar-refractivity contribution in [2.75, 3.05) is 6.54 Å². The van der Waals surface area contributed by atoms with Crippen molar-refractivity contribution in [1.82, 2.24) is 0 Å². The molecule has 0 fully saturated rings. The third-order valence-corrected chi connectivity index (χ3v) is 2.24. The van der Waals surface area contributed by atoms with Crippen molar-refractivity contribution < 1.29 is 4.39 Å². The molecule has 0 aromatic heterocycles. The zero-order valence-electron chi connectivity index (χ0n) is 7.70. The molecule has 0 amide bonds. The molecule has 2 atom stereocenters.